The van der Waals surface area contributed by atoms with E-state index in [1.807, 2.05) is 19.1 Å². The summed E-state index contributed by atoms with van der Waals surface area (Å²) in [4.78, 5) is 40.5. The van der Waals surface area contributed by atoms with Gasteiger partial charge < -0.3 is 19.7 Å². The average Bonchev–Trinajstić information content (AvgIpc) is 2.96. The van der Waals surface area contributed by atoms with Gasteiger partial charge in [0, 0.05) is 19.3 Å². The van der Waals surface area contributed by atoms with Crippen LogP contribution in [-0.2, 0) is 19.1 Å². The van der Waals surface area contributed by atoms with Gasteiger partial charge in [-0.15, -0.1) is 0 Å². The summed E-state index contributed by atoms with van der Waals surface area (Å²) in [7, 11) is 2.50. The number of nitrogens with one attached hydrogen (secondary N) is 1. The lowest BCUT2D eigenvalue weighted by Crippen LogP contribution is -2.46. The van der Waals surface area contributed by atoms with Gasteiger partial charge in [0.05, 0.1) is 31.2 Å². The lowest BCUT2D eigenvalue weighted by molar-refractivity contribution is -0.139. The van der Waals surface area contributed by atoms with E-state index in [2.05, 4.69) is 5.32 Å². The van der Waals surface area contributed by atoms with Gasteiger partial charge in [0.1, 0.15) is 5.70 Å². The first-order valence-corrected chi connectivity index (χ1v) is 9.19. The molecule has 1 N–H and O–H groups in total. The number of rotatable bonds is 4. The fourth-order valence-electron chi connectivity index (χ4n) is 3.38. The van der Waals surface area contributed by atoms with E-state index in [0.717, 1.165) is 17.7 Å². The van der Waals surface area contributed by atoms with Crippen molar-refractivity contribution < 1.29 is 23.9 Å². The predicted molar refractivity (Wildman–Crippen MR) is 108 cm³/mol. The summed E-state index contributed by atoms with van der Waals surface area (Å²) < 4.78 is 9.78. The third-order valence-corrected chi connectivity index (χ3v) is 4.80. The standard InChI is InChI=1S/C21H23N3O5/c1-14-16(9-6-10-17(14)24-13-7-11-22-21(24)27)23-12-5-4-8-15(19(25)28-2)18(23)20(26)29-3/h4-6,8-10,12H,7,11,13H2,1-3H3,(H,22,27). The number of benzene rings is 1. The molecule has 2 amide bonds. The van der Waals surface area contributed by atoms with Crippen LogP contribution < -0.4 is 15.1 Å². The summed E-state index contributed by atoms with van der Waals surface area (Å²) in [6, 6.07) is 5.31. The quantitative estimate of drug-likeness (QED) is 0.785. The number of ether oxygens (including phenoxy) is 2. The Bertz CT molecular complexity index is 932. The second kappa shape index (κ2) is 8.64. The lowest BCUT2D eigenvalue weighted by atomic mass is 10.1. The molecule has 0 saturated carbocycles. The van der Waals surface area contributed by atoms with E-state index in [-0.39, 0.29) is 17.3 Å². The van der Waals surface area contributed by atoms with Crippen molar-refractivity contribution in [3.05, 3.63) is 59.5 Å². The lowest BCUT2D eigenvalue weighted by Gasteiger charge is -2.31. The van der Waals surface area contributed by atoms with Gasteiger partial charge in [-0.1, -0.05) is 12.1 Å². The van der Waals surface area contributed by atoms with Crippen LogP contribution in [-0.4, -0.2) is 45.3 Å². The molecule has 2 heterocycles. The topological polar surface area (TPSA) is 88.2 Å². The molecular formula is C21H23N3O5. The Hall–Kier alpha value is -3.55. The fourth-order valence-corrected chi connectivity index (χ4v) is 3.38. The highest BCUT2D eigenvalue weighted by molar-refractivity contribution is 6.06. The van der Waals surface area contributed by atoms with E-state index < -0.39 is 11.9 Å². The van der Waals surface area contributed by atoms with Crippen LogP contribution in [0, 0.1) is 6.92 Å². The van der Waals surface area contributed by atoms with Gasteiger partial charge in [0.15, 0.2) is 0 Å². The molecule has 8 nitrogen and oxygen atoms in total. The Balaban J connectivity index is 2.15. The summed E-state index contributed by atoms with van der Waals surface area (Å²) in [5.41, 5.74) is 2.26. The van der Waals surface area contributed by atoms with Crippen molar-refractivity contribution in [2.45, 2.75) is 13.3 Å². The van der Waals surface area contributed by atoms with Crippen LogP contribution in [0.2, 0.25) is 0 Å². The van der Waals surface area contributed by atoms with Crippen molar-refractivity contribution in [1.82, 2.24) is 5.32 Å². The molecule has 2 aliphatic heterocycles. The minimum Gasteiger partial charge on any atom is -0.465 e. The van der Waals surface area contributed by atoms with E-state index in [4.69, 9.17) is 9.47 Å². The number of nitrogens with zero attached hydrogens (tertiary/aromatic N) is 2. The summed E-state index contributed by atoms with van der Waals surface area (Å²) in [5.74, 6) is -1.33. The van der Waals surface area contributed by atoms with Crippen molar-refractivity contribution >= 4 is 29.3 Å². The second-order valence-electron chi connectivity index (χ2n) is 6.47. The minimum atomic E-state index is -0.679. The summed E-state index contributed by atoms with van der Waals surface area (Å²) >= 11 is 0. The molecule has 1 fully saturated rings. The Morgan fingerprint density at radius 1 is 1.07 bits per heavy atom. The normalized spacial score (nSPS) is 16.4. The highest BCUT2D eigenvalue weighted by Crippen LogP contribution is 2.34. The van der Waals surface area contributed by atoms with E-state index in [0.29, 0.717) is 18.8 Å². The van der Waals surface area contributed by atoms with Crippen molar-refractivity contribution in [3.8, 4) is 0 Å². The Kier molecular flexibility index (Phi) is 6.01. The molecule has 152 valence electrons. The molecule has 0 spiro atoms. The molecule has 1 saturated heterocycles. The molecule has 1 aromatic carbocycles. The summed E-state index contributed by atoms with van der Waals surface area (Å²) in [6.45, 7) is 3.11. The highest BCUT2D eigenvalue weighted by Gasteiger charge is 2.29. The molecule has 29 heavy (non-hydrogen) atoms. The number of amides is 2. The first-order chi connectivity index (χ1) is 14.0. The van der Waals surface area contributed by atoms with Crippen LogP contribution in [0.3, 0.4) is 0 Å². The molecule has 0 unspecified atom stereocenters. The van der Waals surface area contributed by atoms with Crippen molar-refractivity contribution in [2.75, 3.05) is 37.1 Å². The summed E-state index contributed by atoms with van der Waals surface area (Å²) in [5, 5.41) is 2.84. The molecule has 0 aliphatic carbocycles. The fraction of sp³-hybridized carbons (Fsp3) is 0.286. The highest BCUT2D eigenvalue weighted by atomic mass is 16.5. The number of esters is 2. The zero-order valence-electron chi connectivity index (χ0n) is 16.6. The van der Waals surface area contributed by atoms with Crippen LogP contribution in [0.5, 0.6) is 0 Å². The number of allylic oxidation sites excluding steroid dienone is 2. The van der Waals surface area contributed by atoms with E-state index in [1.54, 1.807) is 34.2 Å². The molecule has 8 heteroatoms. The van der Waals surface area contributed by atoms with Crippen LogP contribution in [0.1, 0.15) is 12.0 Å². The maximum Gasteiger partial charge on any atom is 0.355 e. The molecule has 1 aromatic rings. The number of carbonyl (C=O) groups excluding carboxylic acids is 3. The van der Waals surface area contributed by atoms with Crippen LogP contribution >= 0.6 is 0 Å². The molecule has 0 atom stereocenters. The van der Waals surface area contributed by atoms with E-state index in [9.17, 15) is 14.4 Å². The molecular weight excluding hydrogens is 374 g/mol. The third-order valence-electron chi connectivity index (χ3n) is 4.80. The Morgan fingerprint density at radius 2 is 1.79 bits per heavy atom. The summed E-state index contributed by atoms with van der Waals surface area (Å²) in [6.07, 6.45) is 7.36. The first kappa shape index (κ1) is 20.2. The third kappa shape index (κ3) is 3.87. The number of hydrogen-bond acceptors (Lipinski definition) is 6. The number of hydrogen-bond donors (Lipinski definition) is 1. The van der Waals surface area contributed by atoms with Crippen LogP contribution in [0.4, 0.5) is 16.2 Å². The van der Waals surface area contributed by atoms with Crippen molar-refractivity contribution in [3.63, 3.8) is 0 Å². The maximum absolute atomic E-state index is 12.6. The molecule has 2 aliphatic rings. The Labute approximate surface area is 169 Å². The number of carbonyl (C=O) groups is 3. The zero-order chi connectivity index (χ0) is 21.0. The molecule has 0 aromatic heterocycles. The largest absolute Gasteiger partial charge is 0.465 e. The van der Waals surface area contributed by atoms with E-state index >= 15 is 0 Å². The molecule has 3 rings (SSSR count). The number of anilines is 2. The number of methoxy groups -OCH3 is 2. The zero-order valence-corrected chi connectivity index (χ0v) is 16.6. The van der Waals surface area contributed by atoms with Gasteiger partial charge in [0.2, 0.25) is 0 Å². The SMILES string of the molecule is COC(=O)C1=C(C(=O)OC)N(c2cccc(N3CCCNC3=O)c2C)C=CC=C1. The smallest absolute Gasteiger partial charge is 0.355 e. The van der Waals surface area contributed by atoms with Gasteiger partial charge >= 0.3 is 18.0 Å². The maximum atomic E-state index is 12.6. The molecule has 0 radical (unpaired) electrons. The minimum absolute atomic E-state index is 0.0349. The van der Waals surface area contributed by atoms with Crippen molar-refractivity contribution in [1.29, 1.82) is 0 Å². The van der Waals surface area contributed by atoms with Crippen LogP contribution in [0.15, 0.2) is 53.9 Å². The predicted octanol–water partition coefficient (Wildman–Crippen LogP) is 2.40. The van der Waals surface area contributed by atoms with Crippen molar-refractivity contribution in [2.24, 2.45) is 0 Å². The van der Waals surface area contributed by atoms with Gasteiger partial charge in [-0.2, -0.15) is 0 Å². The average molecular weight is 397 g/mol. The monoisotopic (exact) mass is 397 g/mol. The second-order valence-corrected chi connectivity index (χ2v) is 6.47. The van der Waals surface area contributed by atoms with Gasteiger partial charge in [-0.25, -0.2) is 14.4 Å². The van der Waals surface area contributed by atoms with E-state index in [1.165, 1.54) is 20.3 Å². The van der Waals surface area contributed by atoms with Gasteiger partial charge in [-0.3, -0.25) is 4.90 Å². The van der Waals surface area contributed by atoms with Crippen LogP contribution in [0.25, 0.3) is 0 Å². The first-order valence-electron chi connectivity index (χ1n) is 9.19. The van der Waals surface area contributed by atoms with Gasteiger partial charge in [0.25, 0.3) is 0 Å². The Morgan fingerprint density at radius 3 is 2.48 bits per heavy atom. The number of urea groups is 1. The molecule has 0 bridgehead atoms. The van der Waals surface area contributed by atoms with Gasteiger partial charge in [-0.05, 0) is 43.2 Å².